The van der Waals surface area contributed by atoms with Crippen LogP contribution >= 0.6 is 0 Å². The zero-order valence-electron chi connectivity index (χ0n) is 16.4. The van der Waals surface area contributed by atoms with Gasteiger partial charge in [-0.3, -0.25) is 4.99 Å². The van der Waals surface area contributed by atoms with Gasteiger partial charge >= 0.3 is 0 Å². The van der Waals surface area contributed by atoms with Crippen LogP contribution in [0.25, 0.3) is 0 Å². The number of aryl methyl sites for hydroxylation is 1. The highest BCUT2D eigenvalue weighted by molar-refractivity contribution is 7.88. The average Bonchev–Trinajstić information content (AvgIpc) is 3.12. The molecule has 0 bridgehead atoms. The summed E-state index contributed by atoms with van der Waals surface area (Å²) in [6.45, 7) is 6.23. The Bertz CT molecular complexity index is 781. The van der Waals surface area contributed by atoms with Gasteiger partial charge in [-0.25, -0.2) is 12.7 Å². The molecule has 8 heteroatoms. The highest BCUT2D eigenvalue weighted by Crippen LogP contribution is 2.25. The predicted molar refractivity (Wildman–Crippen MR) is 107 cm³/mol. The van der Waals surface area contributed by atoms with Crippen molar-refractivity contribution in [1.82, 2.24) is 14.5 Å². The number of aliphatic imine (C=N–C) groups is 1. The number of rotatable bonds is 4. The molecule has 2 aliphatic rings. The van der Waals surface area contributed by atoms with Crippen molar-refractivity contribution in [3.8, 4) is 0 Å². The molecule has 0 radical (unpaired) electrons. The molecule has 0 aliphatic carbocycles. The topological polar surface area (TPSA) is 74.2 Å². The first-order valence-corrected chi connectivity index (χ1v) is 11.3. The van der Waals surface area contributed by atoms with Crippen molar-refractivity contribution in [2.75, 3.05) is 52.6 Å². The van der Waals surface area contributed by atoms with E-state index in [-0.39, 0.29) is 6.10 Å². The van der Waals surface area contributed by atoms with Crippen molar-refractivity contribution in [2.45, 2.75) is 19.4 Å². The first-order chi connectivity index (χ1) is 12.9. The first kappa shape index (κ1) is 20.1. The molecule has 3 rings (SSSR count). The van der Waals surface area contributed by atoms with E-state index in [0.29, 0.717) is 25.6 Å². The van der Waals surface area contributed by atoms with E-state index in [9.17, 15) is 8.42 Å². The Morgan fingerprint density at radius 3 is 2.74 bits per heavy atom. The Hall–Kier alpha value is -1.64. The number of morpholine rings is 1. The van der Waals surface area contributed by atoms with Crippen LogP contribution in [0.1, 0.15) is 23.7 Å². The van der Waals surface area contributed by atoms with Crippen molar-refractivity contribution in [2.24, 2.45) is 10.9 Å². The second kappa shape index (κ2) is 8.58. The van der Waals surface area contributed by atoms with Gasteiger partial charge in [0.05, 0.1) is 19.4 Å². The molecule has 2 heterocycles. The van der Waals surface area contributed by atoms with Crippen LogP contribution in [0.15, 0.2) is 29.3 Å². The lowest BCUT2D eigenvalue weighted by molar-refractivity contribution is -0.00835. The summed E-state index contributed by atoms with van der Waals surface area (Å²) in [7, 11) is -1.30. The average molecular weight is 395 g/mol. The van der Waals surface area contributed by atoms with Crippen LogP contribution in [0, 0.1) is 12.8 Å². The predicted octanol–water partition coefficient (Wildman–Crippen LogP) is 1.23. The summed E-state index contributed by atoms with van der Waals surface area (Å²) in [5.74, 6) is 1.17. The second-order valence-electron chi connectivity index (χ2n) is 7.37. The Morgan fingerprint density at radius 1 is 1.30 bits per heavy atom. The van der Waals surface area contributed by atoms with Gasteiger partial charge in [0.1, 0.15) is 6.10 Å². The van der Waals surface area contributed by atoms with Crippen molar-refractivity contribution in [3.05, 3.63) is 35.4 Å². The molecule has 1 aromatic rings. The minimum atomic E-state index is -3.09. The third-order valence-corrected chi connectivity index (χ3v) is 6.65. The summed E-state index contributed by atoms with van der Waals surface area (Å²) in [5, 5.41) is 3.44. The van der Waals surface area contributed by atoms with Crippen LogP contribution in [0.4, 0.5) is 0 Å². The zero-order chi connectivity index (χ0) is 19.4. The third-order valence-electron chi connectivity index (χ3n) is 5.38. The number of benzene rings is 1. The van der Waals surface area contributed by atoms with Crippen LogP contribution in [-0.4, -0.2) is 76.2 Å². The fraction of sp³-hybridized carbons (Fsp3) is 0.632. The Morgan fingerprint density at radius 2 is 2.07 bits per heavy atom. The molecule has 27 heavy (non-hydrogen) atoms. The smallest absolute Gasteiger partial charge is 0.211 e. The number of nitrogens with zero attached hydrogens (tertiary/aromatic N) is 3. The zero-order valence-corrected chi connectivity index (χ0v) is 17.2. The summed E-state index contributed by atoms with van der Waals surface area (Å²) >= 11 is 0. The number of ether oxygens (including phenoxy) is 1. The molecule has 0 saturated carbocycles. The molecule has 150 valence electrons. The molecule has 1 aromatic carbocycles. The summed E-state index contributed by atoms with van der Waals surface area (Å²) in [5.41, 5.74) is 2.45. The van der Waals surface area contributed by atoms with Crippen LogP contribution in [0.2, 0.25) is 0 Å². The highest BCUT2D eigenvalue weighted by Gasteiger charge is 2.29. The number of nitrogens with one attached hydrogen (secondary N) is 1. The van der Waals surface area contributed by atoms with Gasteiger partial charge in [0, 0.05) is 33.2 Å². The minimum Gasteiger partial charge on any atom is -0.370 e. The van der Waals surface area contributed by atoms with Gasteiger partial charge < -0.3 is 15.0 Å². The summed E-state index contributed by atoms with van der Waals surface area (Å²) in [4.78, 5) is 6.66. The van der Waals surface area contributed by atoms with Crippen molar-refractivity contribution >= 4 is 16.0 Å². The Labute approximate surface area is 162 Å². The van der Waals surface area contributed by atoms with Gasteiger partial charge in [0.25, 0.3) is 0 Å². The van der Waals surface area contributed by atoms with E-state index in [1.165, 1.54) is 17.4 Å². The number of guanidine groups is 1. The lowest BCUT2D eigenvalue weighted by Gasteiger charge is -2.36. The van der Waals surface area contributed by atoms with Gasteiger partial charge in [-0.1, -0.05) is 24.3 Å². The maximum atomic E-state index is 11.7. The largest absolute Gasteiger partial charge is 0.370 e. The van der Waals surface area contributed by atoms with Gasteiger partial charge in [0.2, 0.25) is 10.0 Å². The summed E-state index contributed by atoms with van der Waals surface area (Å²) in [6, 6.07) is 8.32. The van der Waals surface area contributed by atoms with Gasteiger partial charge in [-0.2, -0.15) is 0 Å². The van der Waals surface area contributed by atoms with Gasteiger partial charge in [0.15, 0.2) is 5.96 Å². The SMILES string of the molecule is CN=C(NCC1CCN(S(C)(=O)=O)C1)N1CCOC(c2ccccc2C)C1. The van der Waals surface area contributed by atoms with Crippen LogP contribution < -0.4 is 5.32 Å². The van der Waals surface area contributed by atoms with Crippen molar-refractivity contribution in [1.29, 1.82) is 0 Å². The molecule has 0 spiro atoms. The van der Waals surface area contributed by atoms with Gasteiger partial charge in [-0.15, -0.1) is 0 Å². The maximum Gasteiger partial charge on any atom is 0.211 e. The highest BCUT2D eigenvalue weighted by atomic mass is 32.2. The fourth-order valence-corrected chi connectivity index (χ4v) is 4.73. The lowest BCUT2D eigenvalue weighted by Crippen LogP contribution is -2.49. The maximum absolute atomic E-state index is 11.7. The van der Waals surface area contributed by atoms with Gasteiger partial charge in [-0.05, 0) is 30.4 Å². The number of hydrogen-bond acceptors (Lipinski definition) is 4. The summed E-state index contributed by atoms with van der Waals surface area (Å²) < 4.78 is 30.9. The molecule has 2 unspecified atom stereocenters. The molecule has 0 aromatic heterocycles. The molecule has 2 aliphatic heterocycles. The molecule has 2 fully saturated rings. The number of hydrogen-bond donors (Lipinski definition) is 1. The number of sulfonamides is 1. The molecule has 2 atom stereocenters. The van der Waals surface area contributed by atoms with E-state index in [0.717, 1.165) is 32.0 Å². The first-order valence-electron chi connectivity index (χ1n) is 9.46. The molecule has 0 amide bonds. The van der Waals surface area contributed by atoms with E-state index in [1.54, 1.807) is 11.4 Å². The van der Waals surface area contributed by atoms with Crippen molar-refractivity contribution < 1.29 is 13.2 Å². The van der Waals surface area contributed by atoms with E-state index in [4.69, 9.17) is 4.74 Å². The van der Waals surface area contributed by atoms with E-state index in [1.807, 2.05) is 12.1 Å². The summed E-state index contributed by atoms with van der Waals surface area (Å²) in [6.07, 6.45) is 2.19. The lowest BCUT2D eigenvalue weighted by atomic mass is 10.0. The quantitative estimate of drug-likeness (QED) is 0.614. The Balaban J connectivity index is 1.57. The van der Waals surface area contributed by atoms with Crippen molar-refractivity contribution in [3.63, 3.8) is 0 Å². The molecule has 2 saturated heterocycles. The minimum absolute atomic E-state index is 0.0331. The molecule has 1 N–H and O–H groups in total. The van der Waals surface area contributed by atoms with Crippen LogP contribution in [0.3, 0.4) is 0 Å². The van der Waals surface area contributed by atoms with E-state index in [2.05, 4.69) is 34.3 Å². The fourth-order valence-electron chi connectivity index (χ4n) is 3.81. The van der Waals surface area contributed by atoms with E-state index < -0.39 is 10.0 Å². The molecular formula is C19H30N4O3S. The normalized spacial score (nSPS) is 25.0. The van der Waals surface area contributed by atoms with Crippen LogP contribution in [0.5, 0.6) is 0 Å². The third kappa shape index (κ3) is 5.00. The Kier molecular flexibility index (Phi) is 6.39. The van der Waals surface area contributed by atoms with Crippen LogP contribution in [-0.2, 0) is 14.8 Å². The monoisotopic (exact) mass is 394 g/mol. The standard InChI is InChI=1S/C19H30N4O3S/c1-15-6-4-5-7-17(15)18-14-22(10-11-26-18)19(20-2)21-12-16-8-9-23(13-16)27(3,24)25/h4-7,16,18H,8-14H2,1-3H3,(H,20,21). The molecule has 7 nitrogen and oxygen atoms in total. The molecular weight excluding hydrogens is 364 g/mol. The second-order valence-corrected chi connectivity index (χ2v) is 9.35. The van der Waals surface area contributed by atoms with E-state index >= 15 is 0 Å².